The van der Waals surface area contributed by atoms with Gasteiger partial charge in [0.2, 0.25) is 5.91 Å². The van der Waals surface area contributed by atoms with Crippen molar-refractivity contribution in [3.05, 3.63) is 0 Å². The van der Waals surface area contributed by atoms with Gasteiger partial charge < -0.3 is 20.9 Å². The first-order valence-corrected chi connectivity index (χ1v) is 5.01. The van der Waals surface area contributed by atoms with Gasteiger partial charge in [-0.1, -0.05) is 0 Å². The fourth-order valence-corrected chi connectivity index (χ4v) is 1.58. The van der Waals surface area contributed by atoms with E-state index in [0.29, 0.717) is 13.2 Å². The molecule has 1 aliphatic heterocycles. The predicted molar refractivity (Wildman–Crippen MR) is 49.5 cm³/mol. The molecule has 2 rings (SSSR count). The normalized spacial score (nSPS) is 37.1. The van der Waals surface area contributed by atoms with Crippen molar-refractivity contribution >= 4 is 5.91 Å². The minimum atomic E-state index is -0.658. The van der Waals surface area contributed by atoms with Gasteiger partial charge in [0.15, 0.2) is 0 Å². The maximum atomic E-state index is 11.3. The van der Waals surface area contributed by atoms with Crippen LogP contribution in [0.2, 0.25) is 0 Å². The standard InChI is InChI=1S/C9H16N2O3/c10-6-4-14-7(8(6)12)3-11-9(13)5-1-2-5/h5-8,12H,1-4,10H2,(H,11,13)/t6-,7-,8+/m1/s1. The second-order valence-corrected chi connectivity index (χ2v) is 4.05. The zero-order valence-corrected chi connectivity index (χ0v) is 7.98. The summed E-state index contributed by atoms with van der Waals surface area (Å²) in [6, 6.07) is -0.321. The summed E-state index contributed by atoms with van der Waals surface area (Å²) in [5.41, 5.74) is 5.56. The highest BCUT2D eigenvalue weighted by atomic mass is 16.5. The Labute approximate surface area is 82.6 Å². The van der Waals surface area contributed by atoms with E-state index >= 15 is 0 Å². The van der Waals surface area contributed by atoms with E-state index in [-0.39, 0.29) is 24.0 Å². The highest BCUT2D eigenvalue weighted by Crippen LogP contribution is 2.28. The Balaban J connectivity index is 1.72. The summed E-state index contributed by atoms with van der Waals surface area (Å²) in [4.78, 5) is 11.3. The van der Waals surface area contributed by atoms with Gasteiger partial charge >= 0.3 is 0 Å². The van der Waals surface area contributed by atoms with Crippen molar-refractivity contribution in [1.82, 2.24) is 5.32 Å². The lowest BCUT2D eigenvalue weighted by Crippen LogP contribution is -2.42. The Morgan fingerprint density at radius 2 is 2.29 bits per heavy atom. The molecule has 1 aliphatic carbocycles. The molecule has 80 valence electrons. The van der Waals surface area contributed by atoms with Gasteiger partial charge in [-0.2, -0.15) is 0 Å². The highest BCUT2D eigenvalue weighted by molar-refractivity contribution is 5.80. The Hall–Kier alpha value is -0.650. The van der Waals surface area contributed by atoms with Gasteiger partial charge in [-0.05, 0) is 12.8 Å². The molecule has 0 aromatic heterocycles. The molecule has 1 heterocycles. The van der Waals surface area contributed by atoms with Crippen molar-refractivity contribution in [2.75, 3.05) is 13.2 Å². The van der Waals surface area contributed by atoms with E-state index < -0.39 is 6.10 Å². The predicted octanol–water partition coefficient (Wildman–Crippen LogP) is -1.40. The molecule has 5 heteroatoms. The molecule has 0 aromatic rings. The fraction of sp³-hybridized carbons (Fsp3) is 0.889. The Bertz CT molecular complexity index is 230. The van der Waals surface area contributed by atoms with Crippen LogP contribution in [-0.4, -0.2) is 42.4 Å². The molecule has 0 radical (unpaired) electrons. The van der Waals surface area contributed by atoms with Crippen molar-refractivity contribution in [2.45, 2.75) is 31.1 Å². The maximum Gasteiger partial charge on any atom is 0.223 e. The molecule has 0 aromatic carbocycles. The first-order valence-electron chi connectivity index (χ1n) is 5.01. The van der Waals surface area contributed by atoms with E-state index in [0.717, 1.165) is 12.8 Å². The zero-order valence-electron chi connectivity index (χ0n) is 7.98. The van der Waals surface area contributed by atoms with Gasteiger partial charge in [-0.25, -0.2) is 0 Å². The summed E-state index contributed by atoms with van der Waals surface area (Å²) in [6.07, 6.45) is 0.973. The average Bonchev–Trinajstić information content (AvgIpc) is 2.95. The summed E-state index contributed by atoms with van der Waals surface area (Å²) < 4.78 is 5.24. The third-order valence-corrected chi connectivity index (χ3v) is 2.75. The van der Waals surface area contributed by atoms with Gasteiger partial charge in [0.1, 0.15) is 6.10 Å². The van der Waals surface area contributed by atoms with Crippen LogP contribution in [0.25, 0.3) is 0 Å². The lowest BCUT2D eigenvalue weighted by atomic mass is 10.1. The molecule has 1 saturated heterocycles. The van der Waals surface area contributed by atoms with E-state index in [1.165, 1.54) is 0 Å². The first kappa shape index (κ1) is 9.89. The Morgan fingerprint density at radius 3 is 2.79 bits per heavy atom. The SMILES string of the molecule is N[C@@H]1CO[C@H](CNC(=O)C2CC2)[C@H]1O. The molecule has 14 heavy (non-hydrogen) atoms. The quantitative estimate of drug-likeness (QED) is 0.523. The number of aliphatic hydroxyl groups excluding tert-OH is 1. The summed E-state index contributed by atoms with van der Waals surface area (Å²) in [5.74, 6) is 0.267. The van der Waals surface area contributed by atoms with Gasteiger partial charge in [0.25, 0.3) is 0 Å². The number of nitrogens with two attached hydrogens (primary N) is 1. The van der Waals surface area contributed by atoms with Crippen molar-refractivity contribution in [3.63, 3.8) is 0 Å². The minimum Gasteiger partial charge on any atom is -0.389 e. The average molecular weight is 200 g/mol. The van der Waals surface area contributed by atoms with E-state index in [4.69, 9.17) is 10.5 Å². The molecule has 2 aliphatic rings. The van der Waals surface area contributed by atoms with Gasteiger partial charge in [0.05, 0.1) is 18.8 Å². The second-order valence-electron chi connectivity index (χ2n) is 4.05. The maximum absolute atomic E-state index is 11.3. The van der Waals surface area contributed by atoms with Crippen LogP contribution >= 0.6 is 0 Å². The molecule has 0 spiro atoms. The van der Waals surface area contributed by atoms with Crippen LogP contribution in [0, 0.1) is 5.92 Å². The largest absolute Gasteiger partial charge is 0.389 e. The van der Waals surface area contributed by atoms with E-state index in [1.807, 2.05) is 0 Å². The van der Waals surface area contributed by atoms with Crippen LogP contribution in [-0.2, 0) is 9.53 Å². The molecule has 2 fully saturated rings. The van der Waals surface area contributed by atoms with E-state index in [1.54, 1.807) is 0 Å². The highest BCUT2D eigenvalue weighted by Gasteiger charge is 2.35. The summed E-state index contributed by atoms with van der Waals surface area (Å²) in [6.45, 7) is 0.731. The minimum absolute atomic E-state index is 0.0706. The number of aliphatic hydroxyl groups is 1. The molecule has 5 nitrogen and oxygen atoms in total. The third kappa shape index (κ3) is 2.05. The number of hydrogen-bond acceptors (Lipinski definition) is 4. The number of ether oxygens (including phenoxy) is 1. The van der Waals surface area contributed by atoms with E-state index in [9.17, 15) is 9.90 Å². The molecule has 0 unspecified atom stereocenters. The summed E-state index contributed by atoms with van der Waals surface area (Å²) in [7, 11) is 0. The smallest absolute Gasteiger partial charge is 0.223 e. The molecule has 1 saturated carbocycles. The monoisotopic (exact) mass is 200 g/mol. The zero-order chi connectivity index (χ0) is 10.1. The van der Waals surface area contributed by atoms with Gasteiger partial charge in [-0.3, -0.25) is 4.79 Å². The van der Waals surface area contributed by atoms with Crippen molar-refractivity contribution in [3.8, 4) is 0 Å². The Kier molecular flexibility index (Phi) is 2.71. The molecular weight excluding hydrogens is 184 g/mol. The lowest BCUT2D eigenvalue weighted by Gasteiger charge is -2.15. The number of rotatable bonds is 3. The van der Waals surface area contributed by atoms with Crippen LogP contribution in [0.15, 0.2) is 0 Å². The van der Waals surface area contributed by atoms with Gasteiger partial charge in [-0.15, -0.1) is 0 Å². The fourth-order valence-electron chi connectivity index (χ4n) is 1.58. The summed E-state index contributed by atoms with van der Waals surface area (Å²) >= 11 is 0. The number of nitrogens with one attached hydrogen (secondary N) is 1. The molecule has 1 amide bonds. The van der Waals surface area contributed by atoms with Gasteiger partial charge in [0, 0.05) is 12.5 Å². The lowest BCUT2D eigenvalue weighted by molar-refractivity contribution is -0.123. The molecule has 3 atom stereocenters. The van der Waals surface area contributed by atoms with Crippen LogP contribution in [0.3, 0.4) is 0 Å². The number of hydrogen-bond donors (Lipinski definition) is 3. The second kappa shape index (κ2) is 3.84. The number of carbonyl (C=O) groups excluding carboxylic acids is 1. The van der Waals surface area contributed by atoms with E-state index in [2.05, 4.69) is 5.32 Å². The van der Waals surface area contributed by atoms with Crippen molar-refractivity contribution in [2.24, 2.45) is 11.7 Å². The Morgan fingerprint density at radius 1 is 1.57 bits per heavy atom. The van der Waals surface area contributed by atoms with Crippen LogP contribution < -0.4 is 11.1 Å². The summed E-state index contributed by atoms with van der Waals surface area (Å²) in [5, 5.41) is 12.3. The topological polar surface area (TPSA) is 84.6 Å². The molecule has 4 N–H and O–H groups in total. The van der Waals surface area contributed by atoms with Crippen LogP contribution in [0.1, 0.15) is 12.8 Å². The third-order valence-electron chi connectivity index (χ3n) is 2.75. The van der Waals surface area contributed by atoms with Crippen LogP contribution in [0.4, 0.5) is 0 Å². The molecule has 0 bridgehead atoms. The number of carbonyl (C=O) groups is 1. The van der Waals surface area contributed by atoms with Crippen LogP contribution in [0.5, 0.6) is 0 Å². The van der Waals surface area contributed by atoms with Crippen molar-refractivity contribution in [1.29, 1.82) is 0 Å². The van der Waals surface area contributed by atoms with Crippen molar-refractivity contribution < 1.29 is 14.6 Å². The number of amides is 1. The first-order chi connectivity index (χ1) is 6.68. The molecular formula is C9H16N2O3.